The second-order valence-corrected chi connectivity index (χ2v) is 5.81. The van der Waals surface area contributed by atoms with Crippen LogP contribution in [0.3, 0.4) is 0 Å². The molecule has 19 heavy (non-hydrogen) atoms. The summed E-state index contributed by atoms with van der Waals surface area (Å²) in [4.78, 5) is -0.0676. The van der Waals surface area contributed by atoms with E-state index >= 15 is 0 Å². The smallest absolute Gasteiger partial charge is 0.399 e. The van der Waals surface area contributed by atoms with Crippen LogP contribution >= 0.6 is 0 Å². The van der Waals surface area contributed by atoms with E-state index in [0.29, 0.717) is 12.1 Å². The zero-order chi connectivity index (χ0) is 12.9. The van der Waals surface area contributed by atoms with Crippen LogP contribution in [0.25, 0.3) is 11.1 Å². The van der Waals surface area contributed by atoms with Gasteiger partial charge in [-0.1, -0.05) is 12.1 Å². The summed E-state index contributed by atoms with van der Waals surface area (Å²) in [5.41, 5.74) is 10.5. The predicted molar refractivity (Wildman–Crippen MR) is 68.9 cm³/mol. The topological polar surface area (TPSA) is 80.4 Å². The van der Waals surface area contributed by atoms with Crippen LogP contribution in [0, 0.1) is 0 Å². The average molecular weight is 284 g/mol. The van der Waals surface area contributed by atoms with Crippen LogP contribution in [-0.2, 0) is 16.5 Å². The quantitative estimate of drug-likeness (QED) is 0.344. The molecular weight excluding hydrogens is 273 g/mol. The molecule has 0 unspecified atom stereocenters. The van der Waals surface area contributed by atoms with Gasteiger partial charge >= 0.3 is 29.6 Å². The minimum atomic E-state index is -4.14. The summed E-state index contributed by atoms with van der Waals surface area (Å²) in [6.45, 7) is 0. The Bertz CT molecular complexity index is 756. The SMILES string of the molecule is Nc1ccc2c(c1)Cc1cc(S(=O)(=O)O)ccc1-2.[Na+]. The third kappa shape index (κ3) is 2.57. The Hall–Kier alpha value is -0.850. The van der Waals surface area contributed by atoms with E-state index in [-0.39, 0.29) is 34.5 Å². The van der Waals surface area contributed by atoms with Crippen molar-refractivity contribution in [3.63, 3.8) is 0 Å². The number of anilines is 1. The third-order valence-electron chi connectivity index (χ3n) is 3.17. The Balaban J connectivity index is 0.00000133. The summed E-state index contributed by atoms with van der Waals surface area (Å²) in [6, 6.07) is 10.3. The number of nitrogen functional groups attached to an aromatic ring is 1. The van der Waals surface area contributed by atoms with Crippen molar-refractivity contribution in [3.8, 4) is 11.1 Å². The Kier molecular flexibility index (Phi) is 3.77. The minimum absolute atomic E-state index is 0. The van der Waals surface area contributed by atoms with E-state index in [0.717, 1.165) is 22.3 Å². The van der Waals surface area contributed by atoms with Crippen molar-refractivity contribution < 1.29 is 42.5 Å². The van der Waals surface area contributed by atoms with Crippen LogP contribution in [0.2, 0.25) is 0 Å². The van der Waals surface area contributed by atoms with Gasteiger partial charge in [-0.15, -0.1) is 0 Å². The van der Waals surface area contributed by atoms with Gasteiger partial charge in [0, 0.05) is 5.69 Å². The van der Waals surface area contributed by atoms with Crippen molar-refractivity contribution in [3.05, 3.63) is 47.5 Å². The Morgan fingerprint density at radius 3 is 2.21 bits per heavy atom. The van der Waals surface area contributed by atoms with Crippen molar-refractivity contribution >= 4 is 15.8 Å². The molecule has 6 heteroatoms. The van der Waals surface area contributed by atoms with E-state index in [1.54, 1.807) is 6.07 Å². The molecule has 0 spiro atoms. The molecule has 0 saturated carbocycles. The summed E-state index contributed by atoms with van der Waals surface area (Å²) in [5.74, 6) is 0. The molecule has 2 aromatic carbocycles. The summed E-state index contributed by atoms with van der Waals surface area (Å²) >= 11 is 0. The Morgan fingerprint density at radius 2 is 1.58 bits per heavy atom. The minimum Gasteiger partial charge on any atom is -0.399 e. The normalized spacial score (nSPS) is 12.5. The molecule has 0 aromatic heterocycles. The van der Waals surface area contributed by atoms with Gasteiger partial charge in [-0.05, 0) is 52.9 Å². The second kappa shape index (κ2) is 4.92. The maximum atomic E-state index is 11.1. The maximum absolute atomic E-state index is 11.1. The van der Waals surface area contributed by atoms with Crippen LogP contribution < -0.4 is 35.3 Å². The van der Waals surface area contributed by atoms with Gasteiger partial charge in [0.2, 0.25) is 0 Å². The molecule has 3 rings (SSSR count). The Morgan fingerprint density at radius 1 is 1.00 bits per heavy atom. The molecule has 0 bridgehead atoms. The van der Waals surface area contributed by atoms with Crippen molar-refractivity contribution in [2.24, 2.45) is 0 Å². The van der Waals surface area contributed by atoms with E-state index in [1.807, 2.05) is 18.2 Å². The van der Waals surface area contributed by atoms with Gasteiger partial charge in [-0.3, -0.25) is 4.55 Å². The molecule has 2 aromatic rings. The zero-order valence-corrected chi connectivity index (χ0v) is 13.2. The molecule has 92 valence electrons. The van der Waals surface area contributed by atoms with Gasteiger partial charge in [0.25, 0.3) is 10.1 Å². The molecule has 0 saturated heterocycles. The van der Waals surface area contributed by atoms with E-state index in [4.69, 9.17) is 10.3 Å². The van der Waals surface area contributed by atoms with E-state index in [2.05, 4.69) is 0 Å². The first-order valence-electron chi connectivity index (χ1n) is 5.44. The van der Waals surface area contributed by atoms with Gasteiger partial charge in [-0.25, -0.2) is 0 Å². The van der Waals surface area contributed by atoms with Gasteiger partial charge in [-0.2, -0.15) is 8.42 Å². The predicted octanol–water partition coefficient (Wildman–Crippen LogP) is -0.909. The first-order valence-corrected chi connectivity index (χ1v) is 6.88. The molecule has 0 aliphatic heterocycles. The van der Waals surface area contributed by atoms with Gasteiger partial charge in [0.15, 0.2) is 0 Å². The van der Waals surface area contributed by atoms with Gasteiger partial charge in [0.1, 0.15) is 0 Å². The number of benzene rings is 2. The average Bonchev–Trinajstić information content (AvgIpc) is 2.63. The van der Waals surface area contributed by atoms with Crippen LogP contribution in [0.4, 0.5) is 5.69 Å². The van der Waals surface area contributed by atoms with Gasteiger partial charge in [0.05, 0.1) is 4.90 Å². The molecule has 0 amide bonds. The number of hydrogen-bond donors (Lipinski definition) is 2. The van der Waals surface area contributed by atoms with Crippen LogP contribution in [0.5, 0.6) is 0 Å². The molecule has 4 nitrogen and oxygen atoms in total. The van der Waals surface area contributed by atoms with Crippen molar-refractivity contribution in [2.45, 2.75) is 11.3 Å². The van der Waals surface area contributed by atoms with E-state index in [1.165, 1.54) is 12.1 Å². The standard InChI is InChI=1S/C13H11NO3S.Na/c14-10-1-3-12-8(6-10)5-9-7-11(18(15,16)17)2-4-13(9)12;/h1-4,6-7H,5,14H2,(H,15,16,17);/q;+1. The zero-order valence-electron chi connectivity index (χ0n) is 10.4. The molecule has 0 fully saturated rings. The Labute approximate surface area is 133 Å². The monoisotopic (exact) mass is 284 g/mol. The fourth-order valence-electron chi connectivity index (χ4n) is 2.37. The third-order valence-corrected chi connectivity index (χ3v) is 4.02. The van der Waals surface area contributed by atoms with Crippen LogP contribution in [0.1, 0.15) is 11.1 Å². The second-order valence-electron chi connectivity index (χ2n) is 4.39. The van der Waals surface area contributed by atoms with Crippen LogP contribution in [0.15, 0.2) is 41.3 Å². The molecular formula is C13H11NNaO3S+. The van der Waals surface area contributed by atoms with Gasteiger partial charge < -0.3 is 5.73 Å². The summed E-state index contributed by atoms with van der Waals surface area (Å²) in [6.07, 6.45) is 0.638. The summed E-state index contributed by atoms with van der Waals surface area (Å²) < 4.78 is 31.2. The molecule has 0 radical (unpaired) electrons. The fraction of sp³-hybridized carbons (Fsp3) is 0.0769. The molecule has 0 atom stereocenters. The first kappa shape index (κ1) is 14.6. The van der Waals surface area contributed by atoms with Crippen LogP contribution in [-0.4, -0.2) is 13.0 Å². The summed E-state index contributed by atoms with van der Waals surface area (Å²) in [7, 11) is -4.14. The van der Waals surface area contributed by atoms with Crippen molar-refractivity contribution in [2.75, 3.05) is 5.73 Å². The molecule has 1 aliphatic rings. The molecule has 3 N–H and O–H groups in total. The van der Waals surface area contributed by atoms with Crippen molar-refractivity contribution in [1.29, 1.82) is 0 Å². The molecule has 0 heterocycles. The van der Waals surface area contributed by atoms with Crippen molar-refractivity contribution in [1.82, 2.24) is 0 Å². The largest absolute Gasteiger partial charge is 1.00 e. The number of nitrogens with two attached hydrogens (primary N) is 1. The fourth-order valence-corrected chi connectivity index (χ4v) is 2.90. The first-order chi connectivity index (χ1) is 8.45. The van der Waals surface area contributed by atoms with E-state index < -0.39 is 10.1 Å². The number of hydrogen-bond acceptors (Lipinski definition) is 3. The van der Waals surface area contributed by atoms with E-state index in [9.17, 15) is 8.42 Å². The summed E-state index contributed by atoms with van der Waals surface area (Å²) in [5, 5.41) is 0. The molecule has 1 aliphatic carbocycles. The number of rotatable bonds is 1. The maximum Gasteiger partial charge on any atom is 1.00 e. The number of fused-ring (bicyclic) bond motifs is 3.